The molecule has 96 valence electrons. The quantitative estimate of drug-likeness (QED) is 0.693. The Morgan fingerprint density at radius 3 is 2.24 bits per heavy atom. The normalized spacial score (nSPS) is 27.8. The number of hydrogen-bond acceptors (Lipinski definition) is 3. The highest BCUT2D eigenvalue weighted by atomic mass is 19.3. The molecule has 0 bridgehead atoms. The second-order valence-electron chi connectivity index (χ2n) is 3.80. The van der Waals surface area contributed by atoms with Crippen molar-refractivity contribution in [1.29, 1.82) is 0 Å². The number of carboxylic acid groups (broad SMARTS) is 1. The summed E-state index contributed by atoms with van der Waals surface area (Å²) in [5, 5.41) is 27.1. The number of carboxylic acids is 1. The molecule has 2 atom stereocenters. The van der Waals surface area contributed by atoms with Gasteiger partial charge in [-0.25, -0.2) is 4.39 Å². The van der Waals surface area contributed by atoms with Crippen LogP contribution in [0.2, 0.25) is 0 Å². The number of aliphatic carboxylic acids is 1. The van der Waals surface area contributed by atoms with Crippen LogP contribution in [-0.2, 0) is 4.79 Å². The molecule has 0 aromatic carbocycles. The molecule has 0 fully saturated rings. The van der Waals surface area contributed by atoms with Gasteiger partial charge in [-0.05, 0) is 6.42 Å². The van der Waals surface area contributed by atoms with E-state index in [9.17, 15) is 23.1 Å². The summed E-state index contributed by atoms with van der Waals surface area (Å²) in [6.07, 6.45) is -1.01. The van der Waals surface area contributed by atoms with Gasteiger partial charge in [0.25, 0.3) is 0 Å². The molecule has 0 saturated carbocycles. The van der Waals surface area contributed by atoms with E-state index in [4.69, 9.17) is 10.2 Å². The lowest BCUT2D eigenvalue weighted by molar-refractivity contribution is -0.334. The molecular weight excluding hydrogens is 241 g/mol. The SMILES string of the molecule is O=C(O)C1(C(O)(CF)C(O)(F)F)C=CC=CC1. The van der Waals surface area contributed by atoms with Crippen molar-refractivity contribution >= 4 is 5.97 Å². The molecule has 1 aliphatic carbocycles. The number of alkyl halides is 3. The van der Waals surface area contributed by atoms with Crippen LogP contribution in [0, 0.1) is 5.41 Å². The molecule has 4 nitrogen and oxygen atoms in total. The summed E-state index contributed by atoms with van der Waals surface area (Å²) >= 11 is 0. The van der Waals surface area contributed by atoms with E-state index in [-0.39, 0.29) is 0 Å². The van der Waals surface area contributed by atoms with Gasteiger partial charge in [0.15, 0.2) is 0 Å². The minimum absolute atomic E-state index is 0.546. The van der Waals surface area contributed by atoms with Crippen LogP contribution in [0.1, 0.15) is 6.42 Å². The monoisotopic (exact) mass is 252 g/mol. The standard InChI is InChI=1S/C10H11F3O4/c11-6-9(16,10(12,13)17)8(7(14)15)4-2-1-3-5-8/h1-4,16-17H,5-6H2,(H,14,15). The first-order chi connectivity index (χ1) is 7.71. The lowest BCUT2D eigenvalue weighted by Crippen LogP contribution is -2.64. The summed E-state index contributed by atoms with van der Waals surface area (Å²) in [6, 6.07) is 0. The molecule has 7 heteroatoms. The minimum atomic E-state index is -4.88. The lowest BCUT2D eigenvalue weighted by Gasteiger charge is -2.42. The van der Waals surface area contributed by atoms with Crippen molar-refractivity contribution < 1.29 is 33.3 Å². The number of halogens is 3. The summed E-state index contributed by atoms with van der Waals surface area (Å²) in [7, 11) is 0. The predicted octanol–water partition coefficient (Wildman–Crippen LogP) is 0.859. The molecule has 1 rings (SSSR count). The average Bonchev–Trinajstić information content (AvgIpc) is 2.27. The van der Waals surface area contributed by atoms with Gasteiger partial charge in [-0.2, -0.15) is 8.78 Å². The highest BCUT2D eigenvalue weighted by molar-refractivity contribution is 5.80. The van der Waals surface area contributed by atoms with E-state index in [2.05, 4.69) is 0 Å². The van der Waals surface area contributed by atoms with Gasteiger partial charge in [0.2, 0.25) is 5.60 Å². The molecule has 1 aliphatic rings. The maximum atomic E-state index is 12.9. The van der Waals surface area contributed by atoms with Crippen LogP contribution >= 0.6 is 0 Å². The van der Waals surface area contributed by atoms with Gasteiger partial charge in [0.05, 0.1) is 0 Å². The zero-order valence-electron chi connectivity index (χ0n) is 8.61. The Kier molecular flexibility index (Phi) is 3.35. The third kappa shape index (κ3) is 1.85. The molecule has 0 aromatic heterocycles. The predicted molar refractivity (Wildman–Crippen MR) is 51.1 cm³/mol. The van der Waals surface area contributed by atoms with Crippen molar-refractivity contribution in [2.45, 2.75) is 18.1 Å². The second kappa shape index (κ2) is 4.15. The zero-order chi connectivity index (χ0) is 13.3. The van der Waals surface area contributed by atoms with Crippen LogP contribution in [0.25, 0.3) is 0 Å². The third-order valence-electron chi connectivity index (χ3n) is 2.88. The van der Waals surface area contributed by atoms with E-state index in [1.807, 2.05) is 0 Å². The summed E-state index contributed by atoms with van der Waals surface area (Å²) in [5.74, 6) is -1.84. The van der Waals surface area contributed by atoms with Gasteiger partial charge in [0.1, 0.15) is 12.1 Å². The highest BCUT2D eigenvalue weighted by Gasteiger charge is 2.67. The van der Waals surface area contributed by atoms with Crippen LogP contribution in [0.3, 0.4) is 0 Å². The molecule has 0 aromatic rings. The van der Waals surface area contributed by atoms with E-state index in [1.165, 1.54) is 12.2 Å². The Bertz CT molecular complexity index is 374. The number of hydrogen-bond donors (Lipinski definition) is 3. The molecule has 0 saturated heterocycles. The van der Waals surface area contributed by atoms with Crippen molar-refractivity contribution in [2.24, 2.45) is 5.41 Å². The van der Waals surface area contributed by atoms with E-state index in [0.717, 1.165) is 12.2 Å². The molecule has 0 amide bonds. The number of allylic oxidation sites excluding steroid dienone is 3. The Morgan fingerprint density at radius 1 is 1.35 bits per heavy atom. The van der Waals surface area contributed by atoms with Crippen LogP contribution in [0.4, 0.5) is 13.2 Å². The third-order valence-corrected chi connectivity index (χ3v) is 2.88. The smallest absolute Gasteiger partial charge is 0.386 e. The van der Waals surface area contributed by atoms with E-state index < -0.39 is 36.2 Å². The zero-order valence-corrected chi connectivity index (χ0v) is 8.61. The van der Waals surface area contributed by atoms with E-state index in [0.29, 0.717) is 0 Å². The van der Waals surface area contributed by atoms with Gasteiger partial charge >= 0.3 is 12.1 Å². The molecule has 0 spiro atoms. The van der Waals surface area contributed by atoms with Crippen molar-refractivity contribution in [3.63, 3.8) is 0 Å². The lowest BCUT2D eigenvalue weighted by atomic mass is 9.67. The summed E-state index contributed by atoms with van der Waals surface area (Å²) in [5.41, 5.74) is -6.32. The maximum absolute atomic E-state index is 12.9. The first kappa shape index (κ1) is 13.7. The summed E-state index contributed by atoms with van der Waals surface area (Å²) in [4.78, 5) is 11.1. The number of rotatable bonds is 4. The topological polar surface area (TPSA) is 77.8 Å². The van der Waals surface area contributed by atoms with Crippen molar-refractivity contribution in [1.82, 2.24) is 0 Å². The molecule has 0 heterocycles. The fraction of sp³-hybridized carbons (Fsp3) is 0.500. The van der Waals surface area contributed by atoms with Gasteiger partial charge in [-0.15, -0.1) is 0 Å². The summed E-state index contributed by atoms with van der Waals surface area (Å²) < 4.78 is 38.5. The van der Waals surface area contributed by atoms with Gasteiger partial charge < -0.3 is 15.3 Å². The molecule has 0 aliphatic heterocycles. The van der Waals surface area contributed by atoms with Gasteiger partial charge in [0, 0.05) is 0 Å². The van der Waals surface area contributed by atoms with Crippen molar-refractivity contribution in [3.05, 3.63) is 24.3 Å². The summed E-state index contributed by atoms with van der Waals surface area (Å²) in [6.45, 7) is -2.10. The largest absolute Gasteiger partial charge is 0.480 e. The maximum Gasteiger partial charge on any atom is 0.386 e. The molecular formula is C10H11F3O4. The van der Waals surface area contributed by atoms with E-state index in [1.54, 1.807) is 0 Å². The number of aliphatic hydroxyl groups is 2. The first-order valence-corrected chi connectivity index (χ1v) is 4.67. The fourth-order valence-electron chi connectivity index (χ4n) is 1.73. The van der Waals surface area contributed by atoms with Crippen LogP contribution in [0.15, 0.2) is 24.3 Å². The molecule has 2 unspecified atom stereocenters. The minimum Gasteiger partial charge on any atom is -0.480 e. The van der Waals surface area contributed by atoms with Gasteiger partial charge in [-0.3, -0.25) is 4.79 Å². The second-order valence-corrected chi connectivity index (χ2v) is 3.80. The van der Waals surface area contributed by atoms with E-state index >= 15 is 0 Å². The Balaban J connectivity index is 3.37. The Hall–Kier alpha value is -1.34. The molecule has 0 radical (unpaired) electrons. The van der Waals surface area contributed by atoms with Crippen LogP contribution < -0.4 is 0 Å². The molecule has 3 N–H and O–H groups in total. The first-order valence-electron chi connectivity index (χ1n) is 4.67. The molecule has 17 heavy (non-hydrogen) atoms. The average molecular weight is 252 g/mol. The van der Waals surface area contributed by atoms with Crippen molar-refractivity contribution in [3.8, 4) is 0 Å². The highest BCUT2D eigenvalue weighted by Crippen LogP contribution is 2.47. The Morgan fingerprint density at radius 2 is 1.94 bits per heavy atom. The fourth-order valence-corrected chi connectivity index (χ4v) is 1.73. The van der Waals surface area contributed by atoms with Crippen LogP contribution in [-0.4, -0.2) is 39.7 Å². The van der Waals surface area contributed by atoms with Crippen LogP contribution in [0.5, 0.6) is 0 Å². The number of carbonyl (C=O) groups is 1. The van der Waals surface area contributed by atoms with Gasteiger partial charge in [-0.1, -0.05) is 24.3 Å². The van der Waals surface area contributed by atoms with Crippen molar-refractivity contribution in [2.75, 3.05) is 6.67 Å². The Labute approximate surface area is 94.7 Å².